The Kier molecular flexibility index (Phi) is 6.16. The first kappa shape index (κ1) is 22.9. The molecule has 9 heteroatoms. The predicted molar refractivity (Wildman–Crippen MR) is 121 cm³/mol. The van der Waals surface area contributed by atoms with Crippen molar-refractivity contribution in [2.24, 2.45) is 5.92 Å². The molecule has 1 aliphatic heterocycles. The lowest BCUT2D eigenvalue weighted by atomic mass is 9.92. The van der Waals surface area contributed by atoms with Crippen LogP contribution >= 0.6 is 23.2 Å². The molecular formula is C23H27Cl2N3O4. The van der Waals surface area contributed by atoms with Gasteiger partial charge in [0.05, 0.1) is 11.7 Å². The third-order valence-electron chi connectivity index (χ3n) is 5.96. The smallest absolute Gasteiger partial charge is 0.435 e. The molecule has 1 fully saturated rings. The van der Waals surface area contributed by atoms with Gasteiger partial charge in [-0.2, -0.15) is 9.78 Å². The van der Waals surface area contributed by atoms with Crippen LogP contribution in [0.3, 0.4) is 0 Å². The Hall–Kier alpha value is -2.25. The maximum Gasteiger partial charge on any atom is 0.435 e. The number of aromatic hydroxyl groups is 1. The van der Waals surface area contributed by atoms with Gasteiger partial charge in [0.15, 0.2) is 0 Å². The Bertz CT molecular complexity index is 1040. The number of phenolic OH excluding ortho intramolecular Hbond substituents is 1. The molecule has 1 aromatic carbocycles. The molecule has 0 spiro atoms. The zero-order chi connectivity index (χ0) is 23.2. The molecule has 1 aliphatic carbocycles. The van der Waals surface area contributed by atoms with Gasteiger partial charge >= 0.3 is 6.09 Å². The number of nitrogens with zero attached hydrogens (tertiary/aromatic N) is 3. The first-order valence-electron chi connectivity index (χ1n) is 10.8. The van der Waals surface area contributed by atoms with E-state index in [1.165, 1.54) is 16.8 Å². The second-order valence-electron chi connectivity index (χ2n) is 9.47. The minimum atomic E-state index is -0.613. The van der Waals surface area contributed by atoms with Crippen LogP contribution in [-0.2, 0) is 22.4 Å². The number of hydrogen-bond donors (Lipinski definition) is 1. The van der Waals surface area contributed by atoms with Crippen molar-refractivity contribution in [3.8, 4) is 5.75 Å². The van der Waals surface area contributed by atoms with E-state index in [0.29, 0.717) is 35.0 Å². The van der Waals surface area contributed by atoms with E-state index in [2.05, 4.69) is 5.10 Å². The summed E-state index contributed by atoms with van der Waals surface area (Å²) in [6.45, 7) is 6.06. The van der Waals surface area contributed by atoms with Crippen LogP contribution in [0.25, 0.3) is 0 Å². The van der Waals surface area contributed by atoms with Gasteiger partial charge in [-0.25, -0.2) is 4.79 Å². The van der Waals surface area contributed by atoms with E-state index in [-0.39, 0.29) is 23.6 Å². The van der Waals surface area contributed by atoms with E-state index in [0.717, 1.165) is 30.5 Å². The summed E-state index contributed by atoms with van der Waals surface area (Å²) in [6, 6.07) is 2.77. The van der Waals surface area contributed by atoms with Crippen LogP contribution in [0.4, 0.5) is 4.79 Å². The molecule has 32 heavy (non-hydrogen) atoms. The minimum absolute atomic E-state index is 0.000130. The average Bonchev–Trinajstić information content (AvgIpc) is 3.27. The number of carbonyl (C=O) groups is 2. The highest BCUT2D eigenvalue weighted by Gasteiger charge is 2.39. The molecule has 0 saturated carbocycles. The van der Waals surface area contributed by atoms with E-state index < -0.39 is 11.7 Å². The molecule has 1 N–H and O–H groups in total. The van der Waals surface area contributed by atoms with Crippen molar-refractivity contribution >= 4 is 35.2 Å². The highest BCUT2D eigenvalue weighted by atomic mass is 35.5. The number of phenols is 1. The number of hydrogen-bond acceptors (Lipinski definition) is 5. The fraction of sp³-hybridized carbons (Fsp3) is 0.522. The van der Waals surface area contributed by atoms with Gasteiger partial charge in [-0.3, -0.25) is 4.79 Å². The summed E-state index contributed by atoms with van der Waals surface area (Å²) in [5.41, 5.74) is 1.82. The van der Waals surface area contributed by atoms with Gasteiger partial charge in [0.2, 0.25) is 5.91 Å². The largest absolute Gasteiger partial charge is 0.508 e. The van der Waals surface area contributed by atoms with Gasteiger partial charge in [-0.15, -0.1) is 0 Å². The first-order chi connectivity index (χ1) is 15.0. The van der Waals surface area contributed by atoms with E-state index in [9.17, 15) is 14.7 Å². The number of likely N-dealkylation sites (tertiary alicyclic amines) is 1. The lowest BCUT2D eigenvalue weighted by molar-refractivity contribution is -0.133. The van der Waals surface area contributed by atoms with E-state index in [4.69, 9.17) is 27.9 Å². The molecule has 1 saturated heterocycles. The topological polar surface area (TPSA) is 84.7 Å². The summed E-state index contributed by atoms with van der Waals surface area (Å²) in [5.74, 6) is -0.186. The van der Waals surface area contributed by atoms with Crippen molar-refractivity contribution in [2.45, 2.75) is 64.5 Å². The number of aryl methyl sites for hydroxylation is 1. The molecule has 1 amide bonds. The average molecular weight is 480 g/mol. The number of fused-ring (bicyclic) bond motifs is 1. The molecule has 2 heterocycles. The van der Waals surface area contributed by atoms with Crippen molar-refractivity contribution in [1.29, 1.82) is 0 Å². The van der Waals surface area contributed by atoms with E-state index in [1.54, 1.807) is 6.20 Å². The third-order valence-corrected chi connectivity index (χ3v) is 6.63. The van der Waals surface area contributed by atoms with Crippen molar-refractivity contribution in [1.82, 2.24) is 14.7 Å². The molecule has 172 valence electrons. The Labute approximate surface area is 197 Å². The van der Waals surface area contributed by atoms with Crippen LogP contribution in [0.2, 0.25) is 10.0 Å². The predicted octanol–water partition coefficient (Wildman–Crippen LogP) is 5.15. The van der Waals surface area contributed by atoms with Crippen LogP contribution in [0.5, 0.6) is 5.75 Å². The molecule has 2 aromatic rings. The van der Waals surface area contributed by atoms with Gasteiger partial charge < -0.3 is 14.7 Å². The Morgan fingerprint density at radius 2 is 1.94 bits per heavy atom. The van der Waals surface area contributed by atoms with Crippen LogP contribution in [0.1, 0.15) is 62.9 Å². The van der Waals surface area contributed by atoms with Crippen LogP contribution in [0.15, 0.2) is 18.3 Å². The Morgan fingerprint density at radius 1 is 1.25 bits per heavy atom. The van der Waals surface area contributed by atoms with Gasteiger partial charge in [0, 0.05) is 34.3 Å². The molecule has 1 aromatic heterocycles. The monoisotopic (exact) mass is 479 g/mol. The van der Waals surface area contributed by atoms with Crippen LogP contribution < -0.4 is 0 Å². The third kappa shape index (κ3) is 4.59. The second kappa shape index (κ2) is 8.60. The number of carbonyl (C=O) groups excluding carboxylic acids is 2. The number of amides is 1. The van der Waals surface area contributed by atoms with Crippen molar-refractivity contribution in [2.75, 3.05) is 6.54 Å². The molecule has 2 atom stereocenters. The lowest BCUT2D eigenvalue weighted by Crippen LogP contribution is -2.34. The SMILES string of the molecule is CC(C)(C)OC(=O)n1cc2c(n1)CCCC2N1CCC(Cc2c(Cl)cc(O)cc2Cl)C1=O. The number of benzene rings is 1. The Balaban J connectivity index is 1.53. The molecular weight excluding hydrogens is 453 g/mol. The number of halogens is 2. The quantitative estimate of drug-likeness (QED) is 0.657. The maximum atomic E-state index is 13.3. The van der Waals surface area contributed by atoms with Crippen molar-refractivity contribution in [3.63, 3.8) is 0 Å². The zero-order valence-corrected chi connectivity index (χ0v) is 19.9. The molecule has 7 nitrogen and oxygen atoms in total. The molecule has 2 unspecified atom stereocenters. The second-order valence-corrected chi connectivity index (χ2v) is 10.3. The summed E-state index contributed by atoms with van der Waals surface area (Å²) in [5, 5.41) is 14.8. The number of ether oxygens (including phenoxy) is 1. The normalized spacial score (nSPS) is 21.0. The van der Waals surface area contributed by atoms with Gasteiger partial charge in [0.25, 0.3) is 0 Å². The summed E-state index contributed by atoms with van der Waals surface area (Å²) >= 11 is 12.5. The van der Waals surface area contributed by atoms with Gasteiger partial charge in [0.1, 0.15) is 11.4 Å². The van der Waals surface area contributed by atoms with Crippen molar-refractivity contribution in [3.05, 3.63) is 45.2 Å². The molecule has 4 rings (SSSR count). The highest BCUT2D eigenvalue weighted by molar-refractivity contribution is 6.36. The fourth-order valence-electron chi connectivity index (χ4n) is 4.53. The summed E-state index contributed by atoms with van der Waals surface area (Å²) in [4.78, 5) is 27.7. The number of rotatable bonds is 3. The van der Waals surface area contributed by atoms with Gasteiger partial charge in [-0.1, -0.05) is 23.2 Å². The van der Waals surface area contributed by atoms with Crippen LogP contribution in [-0.4, -0.2) is 43.9 Å². The first-order valence-corrected chi connectivity index (χ1v) is 11.6. The standard InChI is InChI=1S/C23H27Cl2N3O4/c1-23(2,3)32-22(31)28-12-16-19(26-28)5-4-6-20(16)27-8-7-13(21(27)30)9-15-17(24)10-14(29)11-18(15)25/h10-13,20,29H,4-9H2,1-3H3. The van der Waals surface area contributed by atoms with Gasteiger partial charge in [-0.05, 0) is 70.6 Å². The summed E-state index contributed by atoms with van der Waals surface area (Å²) < 4.78 is 6.69. The molecule has 0 bridgehead atoms. The van der Waals surface area contributed by atoms with E-state index in [1.807, 2.05) is 25.7 Å². The zero-order valence-electron chi connectivity index (χ0n) is 18.4. The molecule has 0 radical (unpaired) electrons. The minimum Gasteiger partial charge on any atom is -0.508 e. The van der Waals surface area contributed by atoms with Crippen molar-refractivity contribution < 1.29 is 19.4 Å². The highest BCUT2D eigenvalue weighted by Crippen LogP contribution is 2.40. The fourth-order valence-corrected chi connectivity index (χ4v) is 5.16. The van der Waals surface area contributed by atoms with Crippen LogP contribution in [0, 0.1) is 5.92 Å². The summed E-state index contributed by atoms with van der Waals surface area (Å²) in [7, 11) is 0. The lowest BCUT2D eigenvalue weighted by Gasteiger charge is -2.31. The Morgan fingerprint density at radius 3 is 2.59 bits per heavy atom. The number of aromatic nitrogens is 2. The maximum absolute atomic E-state index is 13.3. The summed E-state index contributed by atoms with van der Waals surface area (Å²) in [6.07, 6.45) is 4.79. The van der Waals surface area contributed by atoms with E-state index >= 15 is 0 Å². The molecule has 2 aliphatic rings.